The van der Waals surface area contributed by atoms with Crippen LogP contribution in [-0.2, 0) is 0 Å². The molecule has 0 fully saturated rings. The van der Waals surface area contributed by atoms with Gasteiger partial charge in [-0.15, -0.1) is 13.2 Å². The maximum absolute atomic E-state index is 12.0. The van der Waals surface area contributed by atoms with Gasteiger partial charge in [-0.1, -0.05) is 12.1 Å². The van der Waals surface area contributed by atoms with Crippen molar-refractivity contribution in [3.8, 4) is 0 Å². The first-order valence-corrected chi connectivity index (χ1v) is 5.61. The normalized spacial score (nSPS) is 11.4. The number of aromatic carboxylic acids is 1. The van der Waals surface area contributed by atoms with Gasteiger partial charge in [-0.3, -0.25) is 0 Å². The topological polar surface area (TPSA) is 37.3 Å². The fourth-order valence-electron chi connectivity index (χ4n) is 0.832. The first kappa shape index (κ1) is 11.3. The van der Waals surface area contributed by atoms with Crippen molar-refractivity contribution in [2.45, 2.75) is 4.18 Å². The molecule has 0 heterocycles. The van der Waals surface area contributed by atoms with Crippen LogP contribution in [0.4, 0.5) is 13.2 Å². The average molecular weight is 317 g/mol. The standard InChI is InChI=1S/C8H4F3IO2/c9-8(10,11)12-6-4-2-1-3-5(6)7(13)14/h1-4H/p+1. The molecule has 0 saturated heterocycles. The van der Waals surface area contributed by atoms with Gasteiger partial charge >= 0.3 is 31.4 Å². The van der Waals surface area contributed by atoms with Crippen molar-refractivity contribution in [2.24, 2.45) is 0 Å². The first-order valence-electron chi connectivity index (χ1n) is 3.45. The minimum absolute atomic E-state index is 0.105. The Bertz CT molecular complexity index is 349. The third-order valence-electron chi connectivity index (χ3n) is 1.31. The zero-order valence-electron chi connectivity index (χ0n) is 6.68. The number of hydrogen-bond donors (Lipinski definition) is 1. The molecule has 14 heavy (non-hydrogen) atoms. The van der Waals surface area contributed by atoms with Gasteiger partial charge in [0.05, 0.1) is 0 Å². The quantitative estimate of drug-likeness (QED) is 0.571. The van der Waals surface area contributed by atoms with E-state index in [4.69, 9.17) is 5.11 Å². The van der Waals surface area contributed by atoms with Crippen molar-refractivity contribution in [1.29, 1.82) is 0 Å². The van der Waals surface area contributed by atoms with Crippen molar-refractivity contribution < 1.29 is 44.3 Å². The van der Waals surface area contributed by atoms with Crippen LogP contribution in [0.15, 0.2) is 24.3 Å². The van der Waals surface area contributed by atoms with Gasteiger partial charge in [0, 0.05) is 0 Å². The van der Waals surface area contributed by atoms with Crippen molar-refractivity contribution in [2.75, 3.05) is 0 Å². The summed E-state index contributed by atoms with van der Waals surface area (Å²) in [6.07, 6.45) is 0. The lowest BCUT2D eigenvalue weighted by Crippen LogP contribution is -3.67. The maximum atomic E-state index is 12.0. The molecule has 0 aliphatic rings. The molecule has 2 nitrogen and oxygen atoms in total. The molecule has 1 aromatic carbocycles. The number of carbonyl (C=O) groups is 1. The molecule has 1 rings (SSSR count). The Morgan fingerprint density at radius 1 is 1.29 bits per heavy atom. The number of carboxylic acids is 1. The molecule has 76 valence electrons. The van der Waals surface area contributed by atoms with Gasteiger partial charge in [-0.05, 0) is 12.1 Å². The molecule has 0 saturated carbocycles. The van der Waals surface area contributed by atoms with Crippen LogP contribution >= 0.6 is 0 Å². The summed E-state index contributed by atoms with van der Waals surface area (Å²) in [5.74, 6) is -1.32. The predicted octanol–water partition coefficient (Wildman–Crippen LogP) is -0.837. The molecule has 0 spiro atoms. The van der Waals surface area contributed by atoms with Crippen LogP contribution in [0.25, 0.3) is 0 Å². The van der Waals surface area contributed by atoms with Crippen molar-refractivity contribution >= 4 is 5.97 Å². The Morgan fingerprint density at radius 2 is 1.86 bits per heavy atom. The van der Waals surface area contributed by atoms with Crippen LogP contribution in [0, 0.1) is 3.57 Å². The molecular formula is C8H5F3IO2+. The number of rotatable bonds is 2. The van der Waals surface area contributed by atoms with E-state index in [9.17, 15) is 18.0 Å². The highest BCUT2D eigenvalue weighted by atomic mass is 127. The predicted molar refractivity (Wildman–Crippen MR) is 38.2 cm³/mol. The van der Waals surface area contributed by atoms with E-state index in [0.717, 1.165) is 0 Å². The van der Waals surface area contributed by atoms with Crippen molar-refractivity contribution in [1.82, 2.24) is 0 Å². The summed E-state index contributed by atoms with van der Waals surface area (Å²) in [5.41, 5.74) is -0.252. The molecule has 1 N–H and O–H groups in total. The van der Waals surface area contributed by atoms with E-state index in [1.807, 2.05) is 0 Å². The van der Waals surface area contributed by atoms with E-state index in [2.05, 4.69) is 0 Å². The number of halogens is 4. The monoisotopic (exact) mass is 317 g/mol. The zero-order valence-corrected chi connectivity index (χ0v) is 8.83. The largest absolute Gasteiger partial charge is 0.609 e. The second kappa shape index (κ2) is 4.16. The van der Waals surface area contributed by atoms with Crippen LogP contribution < -0.4 is 21.2 Å². The zero-order chi connectivity index (χ0) is 10.8. The van der Waals surface area contributed by atoms with Crippen LogP contribution in [0.1, 0.15) is 10.4 Å². The van der Waals surface area contributed by atoms with Crippen LogP contribution in [0.2, 0.25) is 0 Å². The van der Waals surface area contributed by atoms with E-state index in [-0.39, 0.29) is 9.13 Å². The lowest BCUT2D eigenvalue weighted by molar-refractivity contribution is -0.793. The lowest BCUT2D eigenvalue weighted by Gasteiger charge is -1.94. The highest BCUT2D eigenvalue weighted by Gasteiger charge is 2.49. The van der Waals surface area contributed by atoms with Gasteiger partial charge in [0.2, 0.25) is 3.57 Å². The minimum Gasteiger partial charge on any atom is -0.478 e. The highest BCUT2D eigenvalue weighted by Crippen LogP contribution is 2.02. The maximum Gasteiger partial charge on any atom is 0.609 e. The summed E-state index contributed by atoms with van der Waals surface area (Å²) >= 11 is -2.25. The number of alkyl halides is 4. The van der Waals surface area contributed by atoms with Crippen LogP contribution in [0.5, 0.6) is 0 Å². The molecule has 0 atom stereocenters. The minimum atomic E-state index is -4.27. The Kier molecular flexibility index (Phi) is 3.35. The molecule has 0 aliphatic carbocycles. The second-order valence-electron chi connectivity index (χ2n) is 2.31. The van der Waals surface area contributed by atoms with Crippen LogP contribution in [-0.4, -0.2) is 15.3 Å². The van der Waals surface area contributed by atoms with Gasteiger partial charge in [0.25, 0.3) is 0 Å². The third kappa shape index (κ3) is 3.17. The Morgan fingerprint density at radius 3 is 2.36 bits per heavy atom. The van der Waals surface area contributed by atoms with Gasteiger partial charge in [0.1, 0.15) is 5.56 Å². The molecule has 0 radical (unpaired) electrons. The lowest BCUT2D eigenvalue weighted by atomic mass is 10.2. The van der Waals surface area contributed by atoms with Crippen molar-refractivity contribution in [3.05, 3.63) is 33.4 Å². The highest BCUT2D eigenvalue weighted by molar-refractivity contribution is 5.87. The fourth-order valence-corrected chi connectivity index (χ4v) is 2.58. The first-order chi connectivity index (χ1) is 6.40. The Hall–Kier alpha value is -0.790. The molecule has 0 aromatic heterocycles. The van der Waals surface area contributed by atoms with Gasteiger partial charge in [-0.2, -0.15) is 0 Å². The van der Waals surface area contributed by atoms with Gasteiger partial charge in [0.15, 0.2) is 0 Å². The van der Waals surface area contributed by atoms with E-state index in [1.54, 1.807) is 0 Å². The van der Waals surface area contributed by atoms with E-state index < -0.39 is 31.4 Å². The van der Waals surface area contributed by atoms with Gasteiger partial charge < -0.3 is 5.11 Å². The summed E-state index contributed by atoms with van der Waals surface area (Å²) in [6, 6.07) is 5.22. The summed E-state index contributed by atoms with van der Waals surface area (Å²) in [6.45, 7) is 0. The van der Waals surface area contributed by atoms with E-state index >= 15 is 0 Å². The molecule has 6 heteroatoms. The average Bonchev–Trinajstić information content (AvgIpc) is 2.01. The third-order valence-corrected chi connectivity index (χ3v) is 3.45. The summed E-state index contributed by atoms with van der Waals surface area (Å²) < 4.78 is 31.7. The molecule has 0 aliphatic heterocycles. The van der Waals surface area contributed by atoms with E-state index in [0.29, 0.717) is 0 Å². The summed E-state index contributed by atoms with van der Waals surface area (Å²) in [4.78, 5) is 10.6. The number of benzene rings is 1. The Labute approximate surface area is 88.0 Å². The Balaban J connectivity index is 3.02. The molecule has 0 amide bonds. The van der Waals surface area contributed by atoms with Crippen molar-refractivity contribution in [3.63, 3.8) is 0 Å². The SMILES string of the molecule is O=C(O)c1ccccc1[I+]C(F)(F)F. The number of carboxylic acid groups (broad SMARTS) is 1. The van der Waals surface area contributed by atoms with Gasteiger partial charge in [-0.25, -0.2) is 4.79 Å². The molecule has 0 bridgehead atoms. The summed E-state index contributed by atoms with van der Waals surface area (Å²) in [7, 11) is 0. The second-order valence-corrected chi connectivity index (χ2v) is 5.23. The fraction of sp³-hybridized carbons (Fsp3) is 0.125. The smallest absolute Gasteiger partial charge is 0.478 e. The van der Waals surface area contributed by atoms with E-state index in [1.165, 1.54) is 24.3 Å². The molecule has 1 aromatic rings. The van der Waals surface area contributed by atoms with Crippen LogP contribution in [0.3, 0.4) is 0 Å². The molecule has 0 unspecified atom stereocenters. The summed E-state index contributed by atoms with van der Waals surface area (Å²) in [5, 5.41) is 8.61. The number of hydrogen-bond acceptors (Lipinski definition) is 1. The molecular weight excluding hydrogens is 312 g/mol.